The van der Waals surface area contributed by atoms with Crippen LogP contribution in [0.4, 0.5) is 0 Å². The maximum Gasteiger partial charge on any atom is 0.168 e. The molecule has 0 saturated carbocycles. The third-order valence-corrected chi connectivity index (χ3v) is 2.82. The van der Waals surface area contributed by atoms with Crippen LogP contribution < -0.4 is 5.73 Å². The van der Waals surface area contributed by atoms with Gasteiger partial charge >= 0.3 is 0 Å². The van der Waals surface area contributed by atoms with Gasteiger partial charge in [-0.3, -0.25) is 9.48 Å². The summed E-state index contributed by atoms with van der Waals surface area (Å²) < 4.78 is 1.70. The van der Waals surface area contributed by atoms with E-state index in [2.05, 4.69) is 5.10 Å². The number of aryl methyl sites for hydroxylation is 1. The summed E-state index contributed by atoms with van der Waals surface area (Å²) in [4.78, 5) is 12.0. The fraction of sp³-hybridized carbons (Fsp3) is 0.286. The van der Waals surface area contributed by atoms with Gasteiger partial charge in [0.15, 0.2) is 5.78 Å². The second kappa shape index (κ2) is 5.60. The number of rotatable bonds is 5. The molecule has 2 N–H and O–H groups in total. The molecule has 18 heavy (non-hydrogen) atoms. The van der Waals surface area contributed by atoms with E-state index in [0.717, 1.165) is 23.2 Å². The summed E-state index contributed by atoms with van der Waals surface area (Å²) in [6, 6.07) is 9.49. The van der Waals surface area contributed by atoms with E-state index in [0.29, 0.717) is 13.0 Å². The van der Waals surface area contributed by atoms with E-state index in [4.69, 9.17) is 5.73 Å². The average molecular weight is 243 g/mol. The van der Waals surface area contributed by atoms with Crippen LogP contribution in [-0.4, -0.2) is 22.1 Å². The van der Waals surface area contributed by atoms with E-state index in [1.54, 1.807) is 4.68 Å². The Balaban J connectivity index is 2.04. The van der Waals surface area contributed by atoms with Crippen molar-refractivity contribution in [1.82, 2.24) is 9.78 Å². The van der Waals surface area contributed by atoms with Gasteiger partial charge < -0.3 is 5.73 Å². The molecule has 0 saturated heterocycles. The Kier molecular flexibility index (Phi) is 3.89. The van der Waals surface area contributed by atoms with Gasteiger partial charge in [0, 0.05) is 18.8 Å². The summed E-state index contributed by atoms with van der Waals surface area (Å²) in [7, 11) is 1.84. The Hall–Kier alpha value is -1.94. The van der Waals surface area contributed by atoms with Crippen LogP contribution >= 0.6 is 0 Å². The van der Waals surface area contributed by atoms with Gasteiger partial charge in [0.2, 0.25) is 0 Å². The highest BCUT2D eigenvalue weighted by atomic mass is 16.1. The van der Waals surface area contributed by atoms with Gasteiger partial charge in [-0.25, -0.2) is 0 Å². The third kappa shape index (κ3) is 3.05. The van der Waals surface area contributed by atoms with Crippen LogP contribution in [0.5, 0.6) is 0 Å². The number of Topliss-reactive ketones (excluding diaryl/α,β-unsaturated/α-hetero) is 1. The normalized spacial score (nSPS) is 10.6. The quantitative estimate of drug-likeness (QED) is 0.806. The number of benzene rings is 1. The highest BCUT2D eigenvalue weighted by molar-refractivity contribution is 5.97. The molecule has 4 nitrogen and oxygen atoms in total. The molecule has 0 spiro atoms. The molecule has 0 aliphatic heterocycles. The van der Waals surface area contributed by atoms with Crippen molar-refractivity contribution in [1.29, 1.82) is 0 Å². The van der Waals surface area contributed by atoms with Gasteiger partial charge in [-0.1, -0.05) is 24.3 Å². The van der Waals surface area contributed by atoms with Crippen LogP contribution in [0.3, 0.4) is 0 Å². The summed E-state index contributed by atoms with van der Waals surface area (Å²) in [5.41, 5.74) is 8.17. The lowest BCUT2D eigenvalue weighted by Crippen LogP contribution is -2.06. The molecule has 0 fully saturated rings. The molecule has 2 rings (SSSR count). The van der Waals surface area contributed by atoms with Crippen molar-refractivity contribution in [3.8, 4) is 0 Å². The lowest BCUT2D eigenvalue weighted by molar-refractivity contribution is 0.0992. The number of ketones is 1. The zero-order chi connectivity index (χ0) is 13.0. The van der Waals surface area contributed by atoms with E-state index in [1.807, 2.05) is 43.6 Å². The Morgan fingerprint density at radius 2 is 2.00 bits per heavy atom. The maximum absolute atomic E-state index is 12.0. The zero-order valence-electron chi connectivity index (χ0n) is 10.5. The number of hydrogen-bond acceptors (Lipinski definition) is 3. The molecule has 0 unspecified atom stereocenters. The van der Waals surface area contributed by atoms with E-state index in [1.165, 1.54) is 0 Å². The molecule has 0 atom stereocenters. The molecule has 0 aliphatic rings. The number of carbonyl (C=O) groups is 1. The lowest BCUT2D eigenvalue weighted by atomic mass is 10.0. The van der Waals surface area contributed by atoms with Gasteiger partial charge in [-0.2, -0.15) is 5.10 Å². The minimum absolute atomic E-state index is 0.0907. The summed E-state index contributed by atoms with van der Waals surface area (Å²) in [6.07, 6.45) is 3.03. The van der Waals surface area contributed by atoms with Crippen LogP contribution in [0.1, 0.15) is 21.6 Å². The summed E-state index contributed by atoms with van der Waals surface area (Å²) >= 11 is 0. The highest BCUT2D eigenvalue weighted by Gasteiger charge is 2.08. The molecule has 0 amide bonds. The van der Waals surface area contributed by atoms with Crippen molar-refractivity contribution >= 4 is 5.78 Å². The molecular formula is C14H17N3O. The first-order chi connectivity index (χ1) is 8.69. The fourth-order valence-corrected chi connectivity index (χ4v) is 1.85. The number of carbonyl (C=O) groups excluding carboxylic acids is 1. The Morgan fingerprint density at radius 1 is 1.28 bits per heavy atom. The van der Waals surface area contributed by atoms with Crippen molar-refractivity contribution in [3.05, 3.63) is 53.3 Å². The van der Waals surface area contributed by atoms with Crippen LogP contribution in [-0.2, 0) is 19.9 Å². The van der Waals surface area contributed by atoms with E-state index in [-0.39, 0.29) is 5.78 Å². The van der Waals surface area contributed by atoms with Crippen LogP contribution in [0, 0.1) is 0 Å². The second-order valence-corrected chi connectivity index (χ2v) is 4.32. The van der Waals surface area contributed by atoms with Crippen molar-refractivity contribution < 1.29 is 4.79 Å². The minimum Gasteiger partial charge on any atom is -0.330 e. The summed E-state index contributed by atoms with van der Waals surface area (Å²) in [6.45, 7) is 0.626. The first-order valence-electron chi connectivity index (χ1n) is 6.00. The topological polar surface area (TPSA) is 60.9 Å². The zero-order valence-corrected chi connectivity index (χ0v) is 10.5. The van der Waals surface area contributed by atoms with Crippen LogP contribution in [0.25, 0.3) is 0 Å². The van der Waals surface area contributed by atoms with Crippen molar-refractivity contribution in [2.24, 2.45) is 12.8 Å². The van der Waals surface area contributed by atoms with Crippen LogP contribution in [0.2, 0.25) is 0 Å². The molecule has 1 aromatic heterocycles. The predicted octanol–water partition coefficient (Wildman–Crippen LogP) is 1.35. The standard InChI is InChI=1S/C14H17N3O/c1-17-9-7-13(16-17)10-14(18)12-4-2-11(3-5-12)6-8-15/h2-5,7,9H,6,8,10,15H2,1H3. The van der Waals surface area contributed by atoms with Crippen molar-refractivity contribution in [3.63, 3.8) is 0 Å². The molecule has 94 valence electrons. The average Bonchev–Trinajstić information content (AvgIpc) is 2.76. The van der Waals surface area contributed by atoms with E-state index < -0.39 is 0 Å². The number of nitrogens with zero attached hydrogens (tertiary/aromatic N) is 2. The summed E-state index contributed by atoms with van der Waals surface area (Å²) in [5, 5.41) is 4.20. The second-order valence-electron chi connectivity index (χ2n) is 4.32. The van der Waals surface area contributed by atoms with E-state index in [9.17, 15) is 4.79 Å². The molecule has 1 aromatic carbocycles. The monoisotopic (exact) mass is 243 g/mol. The first-order valence-corrected chi connectivity index (χ1v) is 6.00. The highest BCUT2D eigenvalue weighted by Crippen LogP contribution is 2.08. The van der Waals surface area contributed by atoms with Gasteiger partial charge in [-0.05, 0) is 24.6 Å². The lowest BCUT2D eigenvalue weighted by Gasteiger charge is -2.02. The predicted molar refractivity (Wildman–Crippen MR) is 70.4 cm³/mol. The van der Waals surface area contributed by atoms with Gasteiger partial charge in [0.25, 0.3) is 0 Å². The Labute approximate surface area is 106 Å². The van der Waals surface area contributed by atoms with Gasteiger partial charge in [0.05, 0.1) is 12.1 Å². The largest absolute Gasteiger partial charge is 0.330 e. The molecule has 0 bridgehead atoms. The third-order valence-electron chi connectivity index (χ3n) is 2.82. The minimum atomic E-state index is 0.0907. The number of nitrogens with two attached hydrogens (primary N) is 1. The number of hydrogen-bond donors (Lipinski definition) is 1. The van der Waals surface area contributed by atoms with Gasteiger partial charge in [0.1, 0.15) is 0 Å². The first kappa shape index (κ1) is 12.5. The maximum atomic E-state index is 12.0. The SMILES string of the molecule is Cn1ccc(CC(=O)c2ccc(CCN)cc2)n1. The molecule has 1 heterocycles. The van der Waals surface area contributed by atoms with Crippen molar-refractivity contribution in [2.45, 2.75) is 12.8 Å². The molecule has 0 radical (unpaired) electrons. The van der Waals surface area contributed by atoms with Crippen LogP contribution in [0.15, 0.2) is 36.5 Å². The van der Waals surface area contributed by atoms with E-state index >= 15 is 0 Å². The Bertz CT molecular complexity index is 528. The molecule has 2 aromatic rings. The molecule has 4 heteroatoms. The fourth-order valence-electron chi connectivity index (χ4n) is 1.85. The number of aromatic nitrogens is 2. The Morgan fingerprint density at radius 3 is 2.56 bits per heavy atom. The van der Waals surface area contributed by atoms with Gasteiger partial charge in [-0.15, -0.1) is 0 Å². The molecular weight excluding hydrogens is 226 g/mol. The summed E-state index contributed by atoms with van der Waals surface area (Å²) in [5.74, 6) is 0.0907. The van der Waals surface area contributed by atoms with Crippen molar-refractivity contribution in [2.75, 3.05) is 6.54 Å². The smallest absolute Gasteiger partial charge is 0.168 e. The molecule has 0 aliphatic carbocycles.